The Bertz CT molecular complexity index is 463. The quantitative estimate of drug-likeness (QED) is 0.534. The smallest absolute Gasteiger partial charge is 0.311 e. The number of carbonyl (C=O) groups excluding carboxylic acids is 1. The second-order valence-corrected chi connectivity index (χ2v) is 3.41. The van der Waals surface area contributed by atoms with Crippen LogP contribution >= 0.6 is 0 Å². The van der Waals surface area contributed by atoms with E-state index >= 15 is 0 Å². The van der Waals surface area contributed by atoms with E-state index < -0.39 is 16.9 Å². The number of amides is 1. The molecule has 0 fully saturated rings. The van der Waals surface area contributed by atoms with Crippen molar-refractivity contribution < 1.29 is 19.2 Å². The first kappa shape index (κ1) is 13.7. The molecule has 0 radical (unpaired) electrons. The van der Waals surface area contributed by atoms with Gasteiger partial charge < -0.3 is 20.9 Å². The maximum Gasteiger partial charge on any atom is 0.311 e. The van der Waals surface area contributed by atoms with Crippen LogP contribution in [-0.2, 0) is 4.79 Å². The average Bonchev–Trinajstić information content (AvgIpc) is 2.34. The molecule has 1 unspecified atom stereocenters. The number of hydrogen-bond acceptors (Lipinski definition) is 6. The molecule has 1 aromatic carbocycles. The van der Waals surface area contributed by atoms with Crippen molar-refractivity contribution in [3.63, 3.8) is 0 Å². The van der Waals surface area contributed by atoms with E-state index in [2.05, 4.69) is 0 Å². The van der Waals surface area contributed by atoms with Gasteiger partial charge in [0.25, 0.3) is 0 Å². The van der Waals surface area contributed by atoms with E-state index in [4.69, 9.17) is 20.9 Å². The lowest BCUT2D eigenvalue weighted by Gasteiger charge is -2.11. The highest BCUT2D eigenvalue weighted by molar-refractivity contribution is 5.79. The van der Waals surface area contributed by atoms with Gasteiger partial charge in [0.05, 0.1) is 12.0 Å². The van der Waals surface area contributed by atoms with Gasteiger partial charge in [-0.1, -0.05) is 0 Å². The molecule has 1 atom stereocenters. The molecule has 8 heteroatoms. The predicted molar refractivity (Wildman–Crippen MR) is 62.3 cm³/mol. The third kappa shape index (κ3) is 3.32. The van der Waals surface area contributed by atoms with Crippen LogP contribution in [0.25, 0.3) is 0 Å². The summed E-state index contributed by atoms with van der Waals surface area (Å²) in [6.45, 7) is -0.247. The first-order chi connectivity index (χ1) is 8.45. The van der Waals surface area contributed by atoms with E-state index in [0.29, 0.717) is 5.75 Å². The molecule has 18 heavy (non-hydrogen) atoms. The fourth-order valence-electron chi connectivity index (χ4n) is 1.15. The summed E-state index contributed by atoms with van der Waals surface area (Å²) in [5.41, 5.74) is 10.1. The van der Waals surface area contributed by atoms with Crippen molar-refractivity contribution in [3.8, 4) is 11.5 Å². The summed E-state index contributed by atoms with van der Waals surface area (Å²) in [6, 6.07) is 2.98. The van der Waals surface area contributed by atoms with E-state index in [1.54, 1.807) is 0 Å². The fraction of sp³-hybridized carbons (Fsp3) is 0.300. The van der Waals surface area contributed by atoms with E-state index in [1.165, 1.54) is 25.3 Å². The normalized spacial score (nSPS) is 11.7. The van der Waals surface area contributed by atoms with Crippen LogP contribution in [0.3, 0.4) is 0 Å². The minimum Gasteiger partial charge on any atom is -0.497 e. The van der Waals surface area contributed by atoms with Gasteiger partial charge in [-0.15, -0.1) is 0 Å². The van der Waals surface area contributed by atoms with Gasteiger partial charge in [0.2, 0.25) is 11.7 Å². The summed E-state index contributed by atoms with van der Waals surface area (Å²) in [7, 11) is 1.42. The van der Waals surface area contributed by atoms with Gasteiger partial charge in [-0.25, -0.2) is 0 Å². The van der Waals surface area contributed by atoms with Crippen LogP contribution in [0.4, 0.5) is 5.69 Å². The highest BCUT2D eigenvalue weighted by atomic mass is 16.6. The number of nitrogens with zero attached hydrogens (tertiary/aromatic N) is 1. The lowest BCUT2D eigenvalue weighted by atomic mass is 10.2. The average molecular weight is 255 g/mol. The number of nitro benzene ring substituents is 1. The van der Waals surface area contributed by atoms with E-state index in [-0.39, 0.29) is 18.0 Å². The Kier molecular flexibility index (Phi) is 4.44. The summed E-state index contributed by atoms with van der Waals surface area (Å²) >= 11 is 0. The summed E-state index contributed by atoms with van der Waals surface area (Å²) in [5, 5.41) is 10.8. The number of nitrogens with two attached hydrogens (primary N) is 2. The number of hydrogen-bond donors (Lipinski definition) is 2. The Labute approximate surface area is 103 Å². The zero-order chi connectivity index (χ0) is 13.7. The first-order valence-corrected chi connectivity index (χ1v) is 4.96. The zero-order valence-corrected chi connectivity index (χ0v) is 9.66. The van der Waals surface area contributed by atoms with Crippen LogP contribution in [0.2, 0.25) is 0 Å². The SMILES string of the molecule is COc1ccc([N+](=O)[O-])c(OCC(N)C(N)=O)c1. The first-order valence-electron chi connectivity index (χ1n) is 4.96. The molecule has 0 saturated heterocycles. The van der Waals surface area contributed by atoms with Crippen LogP contribution in [0.1, 0.15) is 0 Å². The molecule has 4 N–H and O–H groups in total. The Morgan fingerprint density at radius 1 is 1.56 bits per heavy atom. The van der Waals surface area contributed by atoms with Gasteiger partial charge in [0.1, 0.15) is 18.4 Å². The van der Waals surface area contributed by atoms with Crippen molar-refractivity contribution in [2.75, 3.05) is 13.7 Å². The molecule has 0 heterocycles. The molecule has 1 amide bonds. The number of benzene rings is 1. The van der Waals surface area contributed by atoms with Crippen LogP contribution in [0.15, 0.2) is 18.2 Å². The number of ether oxygens (including phenoxy) is 2. The van der Waals surface area contributed by atoms with Crippen LogP contribution in [-0.4, -0.2) is 30.6 Å². The molecule has 0 aliphatic carbocycles. The number of rotatable bonds is 6. The highest BCUT2D eigenvalue weighted by Gasteiger charge is 2.18. The largest absolute Gasteiger partial charge is 0.497 e. The minimum absolute atomic E-state index is 0.0314. The second-order valence-electron chi connectivity index (χ2n) is 3.41. The van der Waals surface area contributed by atoms with Crippen molar-refractivity contribution in [1.82, 2.24) is 0 Å². The lowest BCUT2D eigenvalue weighted by Crippen LogP contribution is -2.41. The highest BCUT2D eigenvalue weighted by Crippen LogP contribution is 2.30. The topological polar surface area (TPSA) is 131 Å². The summed E-state index contributed by atoms with van der Waals surface area (Å²) in [6.07, 6.45) is 0. The second kappa shape index (κ2) is 5.82. The maximum atomic E-state index is 10.8. The standard InChI is InChI=1S/C10H13N3O5/c1-17-6-2-3-8(13(15)16)9(4-6)18-5-7(11)10(12)14/h2-4,7H,5,11H2,1H3,(H2,12,14). The predicted octanol–water partition coefficient (Wildman–Crippen LogP) is -0.205. The molecule has 0 aliphatic rings. The number of primary amides is 1. The molecule has 0 aliphatic heterocycles. The molecule has 1 aromatic rings. The Morgan fingerprint density at radius 2 is 2.22 bits per heavy atom. The van der Waals surface area contributed by atoms with Gasteiger partial charge in [-0.2, -0.15) is 0 Å². The number of carbonyl (C=O) groups is 1. The fourth-order valence-corrected chi connectivity index (χ4v) is 1.15. The van der Waals surface area contributed by atoms with Crippen LogP contribution in [0, 0.1) is 10.1 Å². The van der Waals surface area contributed by atoms with E-state index in [0.717, 1.165) is 0 Å². The zero-order valence-electron chi connectivity index (χ0n) is 9.66. The Hall–Kier alpha value is -2.35. The molecule has 8 nitrogen and oxygen atoms in total. The van der Waals surface area contributed by atoms with Crippen molar-refractivity contribution in [2.24, 2.45) is 11.5 Å². The van der Waals surface area contributed by atoms with Crippen molar-refractivity contribution in [3.05, 3.63) is 28.3 Å². The number of nitro groups is 1. The van der Waals surface area contributed by atoms with E-state index in [1.807, 2.05) is 0 Å². The third-order valence-corrected chi connectivity index (χ3v) is 2.15. The molecule has 0 saturated carbocycles. The van der Waals surface area contributed by atoms with Gasteiger partial charge >= 0.3 is 5.69 Å². The third-order valence-electron chi connectivity index (χ3n) is 2.15. The molecular weight excluding hydrogens is 242 g/mol. The molecule has 98 valence electrons. The summed E-state index contributed by atoms with van der Waals surface area (Å²) in [4.78, 5) is 20.9. The minimum atomic E-state index is -1.03. The van der Waals surface area contributed by atoms with Gasteiger partial charge in [0, 0.05) is 12.1 Å². The molecule has 0 bridgehead atoms. The molecule has 0 spiro atoms. The van der Waals surface area contributed by atoms with Crippen molar-refractivity contribution in [2.45, 2.75) is 6.04 Å². The Balaban J connectivity index is 2.90. The van der Waals surface area contributed by atoms with Gasteiger partial charge in [0.15, 0.2) is 0 Å². The molecular formula is C10H13N3O5. The summed E-state index contributed by atoms with van der Waals surface area (Å²) < 4.78 is 10.0. The number of methoxy groups -OCH3 is 1. The van der Waals surface area contributed by atoms with Crippen LogP contribution in [0.5, 0.6) is 11.5 Å². The van der Waals surface area contributed by atoms with Crippen molar-refractivity contribution in [1.29, 1.82) is 0 Å². The monoisotopic (exact) mass is 255 g/mol. The lowest BCUT2D eigenvalue weighted by molar-refractivity contribution is -0.385. The van der Waals surface area contributed by atoms with Gasteiger partial charge in [-0.05, 0) is 6.07 Å². The maximum absolute atomic E-state index is 10.8. The molecule has 1 rings (SSSR count). The van der Waals surface area contributed by atoms with E-state index in [9.17, 15) is 14.9 Å². The molecule has 0 aromatic heterocycles. The Morgan fingerprint density at radius 3 is 2.72 bits per heavy atom. The van der Waals surface area contributed by atoms with Crippen molar-refractivity contribution >= 4 is 11.6 Å². The van der Waals surface area contributed by atoms with Gasteiger partial charge in [-0.3, -0.25) is 14.9 Å². The summed E-state index contributed by atoms with van der Waals surface area (Å²) in [5.74, 6) is -0.389. The van der Waals surface area contributed by atoms with Crippen LogP contribution < -0.4 is 20.9 Å².